The van der Waals surface area contributed by atoms with Gasteiger partial charge in [-0.05, 0) is 24.3 Å². The Bertz CT molecular complexity index is 771. The molecule has 21 heavy (non-hydrogen) atoms. The average Bonchev–Trinajstić information content (AvgIpc) is 2.79. The number of fused-ring (bicyclic) bond motifs is 1. The van der Waals surface area contributed by atoms with Gasteiger partial charge < -0.3 is 4.57 Å². The second-order valence-electron chi connectivity index (χ2n) is 4.52. The zero-order valence-corrected chi connectivity index (χ0v) is 13.2. The first-order chi connectivity index (χ1) is 10.2. The lowest BCUT2D eigenvalue weighted by atomic mass is 10.3. The fraction of sp³-hybridized carbons (Fsp3) is 0.214. The van der Waals surface area contributed by atoms with Crippen LogP contribution in [-0.2, 0) is 13.0 Å². The van der Waals surface area contributed by atoms with Gasteiger partial charge in [-0.15, -0.1) is 11.6 Å². The molecule has 0 amide bonds. The van der Waals surface area contributed by atoms with Crippen LogP contribution in [0.2, 0.25) is 10.0 Å². The van der Waals surface area contributed by atoms with Gasteiger partial charge in [-0.25, -0.2) is 4.98 Å². The number of nitrogens with zero attached hydrogens (tertiary/aromatic N) is 4. The summed E-state index contributed by atoms with van der Waals surface area (Å²) in [5, 5.41) is 9.00. The zero-order valence-electron chi connectivity index (χ0n) is 10.9. The molecule has 0 saturated carbocycles. The van der Waals surface area contributed by atoms with E-state index < -0.39 is 0 Å². The minimum atomic E-state index is 0.491. The van der Waals surface area contributed by atoms with Gasteiger partial charge in [0.1, 0.15) is 5.82 Å². The Morgan fingerprint density at radius 2 is 1.95 bits per heavy atom. The Morgan fingerprint density at radius 3 is 2.67 bits per heavy atom. The molecule has 3 aromatic rings. The molecule has 4 nitrogen and oxygen atoms in total. The molecular formula is C14H11Cl3N4. The molecule has 0 aliphatic carbocycles. The number of hydrogen-bond acceptors (Lipinski definition) is 3. The fourth-order valence-corrected chi connectivity index (χ4v) is 2.69. The second-order valence-corrected chi connectivity index (χ2v) is 5.72. The van der Waals surface area contributed by atoms with Crippen LogP contribution in [0, 0.1) is 0 Å². The van der Waals surface area contributed by atoms with Crippen LogP contribution in [-0.4, -0.2) is 25.6 Å². The van der Waals surface area contributed by atoms with Gasteiger partial charge in [0.2, 0.25) is 0 Å². The Balaban J connectivity index is 2.13. The van der Waals surface area contributed by atoms with E-state index >= 15 is 0 Å². The summed E-state index contributed by atoms with van der Waals surface area (Å²) in [6, 6.07) is 7.36. The summed E-state index contributed by atoms with van der Waals surface area (Å²) >= 11 is 18.0. The van der Waals surface area contributed by atoms with E-state index in [4.69, 9.17) is 34.8 Å². The lowest BCUT2D eigenvalue weighted by Crippen LogP contribution is -2.07. The number of aromatic nitrogens is 4. The highest BCUT2D eigenvalue weighted by atomic mass is 35.5. The zero-order chi connectivity index (χ0) is 14.8. The van der Waals surface area contributed by atoms with Gasteiger partial charge in [0.25, 0.3) is 0 Å². The minimum Gasteiger partial charge on any atom is -0.322 e. The summed E-state index contributed by atoms with van der Waals surface area (Å²) in [6.45, 7) is 0.564. The van der Waals surface area contributed by atoms with Crippen LogP contribution in [0.1, 0.15) is 11.5 Å². The third-order valence-electron chi connectivity index (χ3n) is 3.14. The molecule has 2 aromatic heterocycles. The molecule has 0 N–H and O–H groups in total. The summed E-state index contributed by atoms with van der Waals surface area (Å²) < 4.78 is 2.05. The van der Waals surface area contributed by atoms with E-state index in [0.717, 1.165) is 22.6 Å². The van der Waals surface area contributed by atoms with E-state index in [2.05, 4.69) is 15.2 Å². The van der Waals surface area contributed by atoms with Gasteiger partial charge in [-0.3, -0.25) is 0 Å². The van der Waals surface area contributed by atoms with Crippen molar-refractivity contribution in [1.82, 2.24) is 19.7 Å². The summed E-state index contributed by atoms with van der Waals surface area (Å²) in [4.78, 5) is 4.59. The minimum absolute atomic E-state index is 0.491. The standard InChI is InChI=1S/C14H11Cl3N4/c15-4-3-14-19-12-6-10(16)11(17)7-13(12)21(14)8-9-2-1-5-18-20-9/h1-2,5-7H,3-4,8H2. The Labute approximate surface area is 136 Å². The number of rotatable bonds is 4. The molecule has 2 heterocycles. The highest BCUT2D eigenvalue weighted by molar-refractivity contribution is 6.42. The van der Waals surface area contributed by atoms with Crippen LogP contribution in [0.3, 0.4) is 0 Å². The molecule has 0 bridgehead atoms. The molecule has 1 aromatic carbocycles. The monoisotopic (exact) mass is 340 g/mol. The van der Waals surface area contributed by atoms with Crippen molar-refractivity contribution >= 4 is 45.8 Å². The molecule has 0 unspecified atom stereocenters. The highest BCUT2D eigenvalue weighted by Crippen LogP contribution is 2.29. The van der Waals surface area contributed by atoms with Crippen molar-refractivity contribution in [3.05, 3.63) is 52.0 Å². The molecule has 0 saturated heterocycles. The van der Waals surface area contributed by atoms with Gasteiger partial charge in [0.15, 0.2) is 0 Å². The smallest absolute Gasteiger partial charge is 0.111 e. The lowest BCUT2D eigenvalue weighted by Gasteiger charge is -2.08. The van der Waals surface area contributed by atoms with Gasteiger partial charge in [-0.2, -0.15) is 10.2 Å². The number of hydrogen-bond donors (Lipinski definition) is 0. The summed E-state index contributed by atoms with van der Waals surface area (Å²) in [7, 11) is 0. The first-order valence-corrected chi connectivity index (χ1v) is 7.65. The average molecular weight is 342 g/mol. The lowest BCUT2D eigenvalue weighted by molar-refractivity contribution is 0.724. The van der Waals surface area contributed by atoms with Crippen molar-refractivity contribution in [1.29, 1.82) is 0 Å². The fourth-order valence-electron chi connectivity index (χ4n) is 2.20. The SMILES string of the molecule is ClCCc1nc2cc(Cl)c(Cl)cc2n1Cc1cccnn1. The highest BCUT2D eigenvalue weighted by Gasteiger charge is 2.13. The molecule has 0 spiro atoms. The molecular weight excluding hydrogens is 331 g/mol. The van der Waals surface area contributed by atoms with Crippen molar-refractivity contribution in [3.63, 3.8) is 0 Å². The second kappa shape index (κ2) is 6.18. The van der Waals surface area contributed by atoms with E-state index in [1.165, 1.54) is 0 Å². The van der Waals surface area contributed by atoms with Crippen molar-refractivity contribution < 1.29 is 0 Å². The summed E-state index contributed by atoms with van der Waals surface area (Å²) in [5.41, 5.74) is 2.56. The van der Waals surface area contributed by atoms with Crippen molar-refractivity contribution in [3.8, 4) is 0 Å². The van der Waals surface area contributed by atoms with E-state index in [1.54, 1.807) is 12.3 Å². The topological polar surface area (TPSA) is 43.6 Å². The number of imidazole rings is 1. The van der Waals surface area contributed by atoms with Crippen LogP contribution in [0.4, 0.5) is 0 Å². The third kappa shape index (κ3) is 2.98. The van der Waals surface area contributed by atoms with E-state index in [9.17, 15) is 0 Å². The predicted octanol–water partition coefficient (Wildman–Crippen LogP) is 3.96. The number of alkyl halides is 1. The van der Waals surface area contributed by atoms with Crippen molar-refractivity contribution in [2.45, 2.75) is 13.0 Å². The molecule has 7 heteroatoms. The Hall–Kier alpha value is -1.36. The first-order valence-electron chi connectivity index (χ1n) is 6.35. The molecule has 0 fully saturated rings. The summed E-state index contributed by atoms with van der Waals surface area (Å²) in [6.07, 6.45) is 2.30. The van der Waals surface area contributed by atoms with E-state index in [-0.39, 0.29) is 0 Å². The van der Waals surface area contributed by atoms with Gasteiger partial charge in [0.05, 0.1) is 33.3 Å². The normalized spacial score (nSPS) is 11.2. The Morgan fingerprint density at radius 1 is 1.14 bits per heavy atom. The molecule has 3 rings (SSSR count). The van der Waals surface area contributed by atoms with Crippen LogP contribution < -0.4 is 0 Å². The van der Waals surface area contributed by atoms with Crippen molar-refractivity contribution in [2.75, 3.05) is 5.88 Å². The first kappa shape index (κ1) is 14.6. The quantitative estimate of drug-likeness (QED) is 0.675. The molecule has 0 aliphatic heterocycles. The summed E-state index contributed by atoms with van der Waals surface area (Å²) in [5.74, 6) is 1.37. The molecule has 108 valence electrons. The molecule has 0 aliphatic rings. The van der Waals surface area contributed by atoms with Crippen LogP contribution in [0.15, 0.2) is 30.5 Å². The van der Waals surface area contributed by atoms with Crippen molar-refractivity contribution in [2.24, 2.45) is 0 Å². The van der Waals surface area contributed by atoms with Gasteiger partial charge >= 0.3 is 0 Å². The molecule has 0 atom stereocenters. The van der Waals surface area contributed by atoms with Gasteiger partial charge in [0, 0.05) is 18.5 Å². The molecule has 0 radical (unpaired) electrons. The van der Waals surface area contributed by atoms with E-state index in [0.29, 0.717) is 28.9 Å². The Kier molecular flexibility index (Phi) is 4.29. The maximum Gasteiger partial charge on any atom is 0.111 e. The number of aryl methyl sites for hydroxylation is 1. The largest absolute Gasteiger partial charge is 0.322 e. The number of benzene rings is 1. The van der Waals surface area contributed by atoms with Crippen LogP contribution >= 0.6 is 34.8 Å². The number of halogens is 3. The third-order valence-corrected chi connectivity index (χ3v) is 4.05. The van der Waals surface area contributed by atoms with Crippen LogP contribution in [0.25, 0.3) is 11.0 Å². The maximum absolute atomic E-state index is 6.12. The predicted molar refractivity (Wildman–Crippen MR) is 85.3 cm³/mol. The van der Waals surface area contributed by atoms with Crippen LogP contribution in [0.5, 0.6) is 0 Å². The maximum atomic E-state index is 6.12. The van der Waals surface area contributed by atoms with Gasteiger partial charge in [-0.1, -0.05) is 23.2 Å². The van der Waals surface area contributed by atoms with E-state index in [1.807, 2.05) is 22.8 Å².